The molecule has 0 bridgehead atoms. The van der Waals surface area contributed by atoms with Crippen molar-refractivity contribution in [3.8, 4) is 0 Å². The highest BCUT2D eigenvalue weighted by atomic mass is 16.5. The van der Waals surface area contributed by atoms with E-state index in [9.17, 15) is 4.79 Å². The van der Waals surface area contributed by atoms with E-state index in [0.717, 1.165) is 18.8 Å². The molecule has 0 aromatic rings. The summed E-state index contributed by atoms with van der Waals surface area (Å²) in [5.74, 6) is 0.890. The van der Waals surface area contributed by atoms with E-state index in [1.54, 1.807) is 0 Å². The standard InChI is InChI=1S/C29H58O2/c1-4-5-6-7-8-9-14-17-20-23-26-29(30)31-27-24-21-18-15-12-10-11-13-16-19-22-25-28(2)3/h28H,4-27H2,1-3H3. The van der Waals surface area contributed by atoms with Crippen molar-refractivity contribution in [1.29, 1.82) is 0 Å². The Morgan fingerprint density at radius 3 is 1.39 bits per heavy atom. The van der Waals surface area contributed by atoms with E-state index >= 15 is 0 Å². The Labute approximate surface area is 196 Å². The summed E-state index contributed by atoms with van der Waals surface area (Å²) in [5, 5.41) is 0. The molecule has 0 N–H and O–H groups in total. The third-order valence-electron chi connectivity index (χ3n) is 6.42. The Balaban J connectivity index is 3.14. The Kier molecular flexibility index (Phi) is 25.3. The average Bonchev–Trinajstić information content (AvgIpc) is 2.75. The summed E-state index contributed by atoms with van der Waals surface area (Å²) in [6.45, 7) is 7.55. The summed E-state index contributed by atoms with van der Waals surface area (Å²) in [7, 11) is 0. The molecule has 0 spiro atoms. The molecule has 0 rings (SSSR count). The maximum atomic E-state index is 11.8. The smallest absolute Gasteiger partial charge is 0.305 e. The Morgan fingerprint density at radius 2 is 0.935 bits per heavy atom. The van der Waals surface area contributed by atoms with Gasteiger partial charge in [0.25, 0.3) is 0 Å². The number of hydrogen-bond donors (Lipinski definition) is 0. The van der Waals surface area contributed by atoms with E-state index in [4.69, 9.17) is 4.74 Å². The van der Waals surface area contributed by atoms with Crippen LogP contribution >= 0.6 is 0 Å². The highest BCUT2D eigenvalue weighted by Gasteiger charge is 2.02. The molecule has 0 aliphatic rings. The van der Waals surface area contributed by atoms with Crippen LogP contribution in [0, 0.1) is 5.92 Å². The van der Waals surface area contributed by atoms with Gasteiger partial charge in [0.1, 0.15) is 0 Å². The first-order valence-electron chi connectivity index (χ1n) is 14.3. The van der Waals surface area contributed by atoms with Gasteiger partial charge in [-0.15, -0.1) is 0 Å². The molecule has 2 nitrogen and oxygen atoms in total. The molecule has 0 saturated carbocycles. The van der Waals surface area contributed by atoms with Gasteiger partial charge in [0.05, 0.1) is 6.61 Å². The fourth-order valence-electron chi connectivity index (χ4n) is 4.26. The van der Waals surface area contributed by atoms with Crippen molar-refractivity contribution in [1.82, 2.24) is 0 Å². The predicted molar refractivity (Wildman–Crippen MR) is 138 cm³/mol. The molecule has 186 valence electrons. The molecular formula is C29H58O2. The van der Waals surface area contributed by atoms with Crippen LogP contribution < -0.4 is 0 Å². The van der Waals surface area contributed by atoms with Crippen LogP contribution in [0.2, 0.25) is 0 Å². The van der Waals surface area contributed by atoms with Gasteiger partial charge in [-0.25, -0.2) is 0 Å². The van der Waals surface area contributed by atoms with Gasteiger partial charge in [0.2, 0.25) is 0 Å². The van der Waals surface area contributed by atoms with Crippen LogP contribution in [-0.2, 0) is 9.53 Å². The lowest BCUT2D eigenvalue weighted by Crippen LogP contribution is -2.05. The number of carbonyl (C=O) groups is 1. The van der Waals surface area contributed by atoms with Gasteiger partial charge in [-0.05, 0) is 18.8 Å². The molecule has 0 atom stereocenters. The molecule has 0 unspecified atom stereocenters. The zero-order valence-corrected chi connectivity index (χ0v) is 21.9. The topological polar surface area (TPSA) is 26.3 Å². The summed E-state index contributed by atoms with van der Waals surface area (Å²) >= 11 is 0. The Hall–Kier alpha value is -0.530. The lowest BCUT2D eigenvalue weighted by atomic mass is 10.0. The van der Waals surface area contributed by atoms with Crippen LogP contribution in [0.5, 0.6) is 0 Å². The lowest BCUT2D eigenvalue weighted by molar-refractivity contribution is -0.143. The van der Waals surface area contributed by atoms with Crippen LogP contribution in [0.15, 0.2) is 0 Å². The van der Waals surface area contributed by atoms with Crippen LogP contribution in [-0.4, -0.2) is 12.6 Å². The minimum atomic E-state index is 0.0213. The number of esters is 1. The van der Waals surface area contributed by atoms with Gasteiger partial charge >= 0.3 is 5.97 Å². The zero-order valence-electron chi connectivity index (χ0n) is 21.9. The van der Waals surface area contributed by atoms with E-state index in [1.165, 1.54) is 128 Å². The minimum absolute atomic E-state index is 0.0213. The number of ether oxygens (including phenoxy) is 1. The van der Waals surface area contributed by atoms with Crippen molar-refractivity contribution in [3.05, 3.63) is 0 Å². The molecule has 2 heteroatoms. The van der Waals surface area contributed by atoms with Crippen molar-refractivity contribution >= 4 is 5.97 Å². The molecule has 0 aliphatic carbocycles. The molecule has 31 heavy (non-hydrogen) atoms. The van der Waals surface area contributed by atoms with Gasteiger partial charge in [0.15, 0.2) is 0 Å². The Morgan fingerprint density at radius 1 is 0.548 bits per heavy atom. The fraction of sp³-hybridized carbons (Fsp3) is 0.966. The second kappa shape index (κ2) is 25.7. The van der Waals surface area contributed by atoms with E-state index in [-0.39, 0.29) is 5.97 Å². The largest absolute Gasteiger partial charge is 0.466 e. The fourth-order valence-corrected chi connectivity index (χ4v) is 4.26. The summed E-state index contributed by atoms with van der Waals surface area (Å²) in [5.41, 5.74) is 0. The molecule has 0 aliphatic heterocycles. The van der Waals surface area contributed by atoms with E-state index in [0.29, 0.717) is 13.0 Å². The zero-order chi connectivity index (χ0) is 22.8. The van der Waals surface area contributed by atoms with Gasteiger partial charge in [-0.2, -0.15) is 0 Å². The maximum Gasteiger partial charge on any atom is 0.305 e. The van der Waals surface area contributed by atoms with Crippen LogP contribution in [0.25, 0.3) is 0 Å². The third kappa shape index (κ3) is 27.4. The first kappa shape index (κ1) is 30.5. The molecule has 0 aromatic carbocycles. The van der Waals surface area contributed by atoms with Crippen LogP contribution in [0.1, 0.15) is 168 Å². The van der Waals surface area contributed by atoms with Gasteiger partial charge in [0, 0.05) is 6.42 Å². The molecule has 0 aromatic heterocycles. The number of rotatable bonds is 25. The van der Waals surface area contributed by atoms with Crippen molar-refractivity contribution < 1.29 is 9.53 Å². The quantitative estimate of drug-likeness (QED) is 0.105. The predicted octanol–water partition coefficient (Wildman–Crippen LogP) is 10.2. The summed E-state index contributed by atoms with van der Waals surface area (Å²) in [6, 6.07) is 0. The minimum Gasteiger partial charge on any atom is -0.466 e. The van der Waals surface area contributed by atoms with E-state index < -0.39 is 0 Å². The summed E-state index contributed by atoms with van der Waals surface area (Å²) < 4.78 is 5.39. The molecule has 0 amide bonds. The van der Waals surface area contributed by atoms with Crippen LogP contribution in [0.3, 0.4) is 0 Å². The number of carbonyl (C=O) groups excluding carboxylic acids is 1. The molecular weight excluding hydrogens is 380 g/mol. The summed E-state index contributed by atoms with van der Waals surface area (Å²) in [6.07, 6.45) is 29.9. The normalized spacial score (nSPS) is 11.4. The lowest BCUT2D eigenvalue weighted by Gasteiger charge is -2.06. The highest BCUT2D eigenvalue weighted by Crippen LogP contribution is 2.14. The first-order valence-corrected chi connectivity index (χ1v) is 14.3. The van der Waals surface area contributed by atoms with Gasteiger partial charge in [-0.3, -0.25) is 4.79 Å². The molecule has 0 heterocycles. The van der Waals surface area contributed by atoms with Crippen molar-refractivity contribution in [2.75, 3.05) is 6.61 Å². The van der Waals surface area contributed by atoms with Gasteiger partial charge < -0.3 is 4.74 Å². The summed E-state index contributed by atoms with van der Waals surface area (Å²) in [4.78, 5) is 11.8. The van der Waals surface area contributed by atoms with Gasteiger partial charge in [-0.1, -0.05) is 149 Å². The molecule has 0 fully saturated rings. The number of unbranched alkanes of at least 4 members (excludes halogenated alkanes) is 19. The second-order valence-electron chi connectivity index (χ2n) is 10.2. The highest BCUT2D eigenvalue weighted by molar-refractivity contribution is 5.69. The van der Waals surface area contributed by atoms with E-state index in [1.807, 2.05) is 0 Å². The Bertz CT molecular complexity index is 351. The maximum absolute atomic E-state index is 11.8. The first-order chi connectivity index (χ1) is 15.2. The van der Waals surface area contributed by atoms with Crippen LogP contribution in [0.4, 0.5) is 0 Å². The SMILES string of the molecule is CCCCCCCCCCCCC(=O)OCCCCCCCCCCCCCC(C)C. The number of hydrogen-bond acceptors (Lipinski definition) is 2. The van der Waals surface area contributed by atoms with Crippen molar-refractivity contribution in [2.45, 2.75) is 168 Å². The third-order valence-corrected chi connectivity index (χ3v) is 6.42. The van der Waals surface area contributed by atoms with E-state index in [2.05, 4.69) is 20.8 Å². The van der Waals surface area contributed by atoms with Crippen molar-refractivity contribution in [2.24, 2.45) is 5.92 Å². The molecule has 0 saturated heterocycles. The monoisotopic (exact) mass is 438 g/mol. The van der Waals surface area contributed by atoms with Crippen molar-refractivity contribution in [3.63, 3.8) is 0 Å². The molecule has 0 radical (unpaired) electrons. The average molecular weight is 439 g/mol. The second-order valence-corrected chi connectivity index (χ2v) is 10.2.